The summed E-state index contributed by atoms with van der Waals surface area (Å²) in [6.45, 7) is 0. The zero-order valence-corrected chi connectivity index (χ0v) is 39.2. The quantitative estimate of drug-likeness (QED) is 0.0439. The number of benzene rings is 6. The molecule has 6 atom stereocenters. The van der Waals surface area contributed by atoms with Crippen molar-refractivity contribution in [2.75, 3.05) is 0 Å². The van der Waals surface area contributed by atoms with Crippen LogP contribution in [0.3, 0.4) is 0 Å². The van der Waals surface area contributed by atoms with Gasteiger partial charge in [0.25, 0.3) is 0 Å². The van der Waals surface area contributed by atoms with Crippen LogP contribution in [0.5, 0.6) is 34.5 Å². The number of carboxylic acid groups (broad SMARTS) is 1. The first-order valence-corrected chi connectivity index (χ1v) is 23.0. The minimum absolute atomic E-state index is 0.0118. The van der Waals surface area contributed by atoms with E-state index in [1.165, 1.54) is 133 Å². The van der Waals surface area contributed by atoms with E-state index >= 15 is 0 Å². The number of phenols is 6. The van der Waals surface area contributed by atoms with Crippen LogP contribution in [0.25, 0.3) is 0 Å². The fourth-order valence-electron chi connectivity index (χ4n) is 7.72. The molecule has 0 fully saturated rings. The van der Waals surface area contributed by atoms with Gasteiger partial charge in [0.1, 0.15) is 64.7 Å². The first-order valence-electron chi connectivity index (χ1n) is 23.0. The summed E-state index contributed by atoms with van der Waals surface area (Å²) in [4.78, 5) is 84.0. The summed E-state index contributed by atoms with van der Waals surface area (Å²) in [6.07, 6.45) is -0.952. The standard InChI is InChI=1S/C54H56N6O13/c55-43(25-31-1-13-37(61)14-2-31)49(67)56-44(26-32-3-15-38(62)16-4-32)50(68)57-45(27-33-5-17-39(63)18-6-33)51(69)58-46(28-34-7-19-40(64)20-8-34)52(70)59-47(29-35-9-21-41(65)22-10-35)53(71)60-48(54(72)73)30-36-11-23-42(66)24-12-36/h1-24,43-48,61-66H,25-30,55H2,(H,56,67)(H,57,68)(H,58,69)(H,59,70)(H,60,71)(H,72,73). The summed E-state index contributed by atoms with van der Waals surface area (Å²) in [5.74, 6) is -6.04. The van der Waals surface area contributed by atoms with Crippen LogP contribution in [0.15, 0.2) is 146 Å². The van der Waals surface area contributed by atoms with E-state index in [0.717, 1.165) is 0 Å². The fraction of sp³-hybridized carbons (Fsp3) is 0.222. The number of hydrogen-bond donors (Lipinski definition) is 13. The van der Waals surface area contributed by atoms with Crippen LogP contribution in [0.1, 0.15) is 33.4 Å². The Balaban J connectivity index is 1.29. The number of carboxylic acids is 1. The number of aliphatic carboxylic acids is 1. The molecule has 0 aliphatic carbocycles. The Kier molecular flexibility index (Phi) is 18.3. The van der Waals surface area contributed by atoms with E-state index in [1.54, 1.807) is 12.1 Å². The SMILES string of the molecule is NC(Cc1ccc(O)cc1)C(=O)NC(Cc1ccc(O)cc1)C(=O)NC(Cc1ccc(O)cc1)C(=O)NC(Cc1ccc(O)cc1)C(=O)NC(Cc1ccc(O)cc1)C(=O)NC(Cc1ccc(O)cc1)C(=O)O. The lowest BCUT2D eigenvalue weighted by Crippen LogP contribution is -2.60. The van der Waals surface area contributed by atoms with Gasteiger partial charge in [0.05, 0.1) is 6.04 Å². The van der Waals surface area contributed by atoms with Crippen LogP contribution in [0.4, 0.5) is 0 Å². The van der Waals surface area contributed by atoms with E-state index in [9.17, 15) is 64.5 Å². The predicted octanol–water partition coefficient (Wildman–Crippen LogP) is 2.51. The molecule has 0 aliphatic rings. The van der Waals surface area contributed by atoms with E-state index in [1.807, 2.05) is 0 Å². The van der Waals surface area contributed by atoms with Crippen LogP contribution in [-0.4, -0.2) is 108 Å². The zero-order chi connectivity index (χ0) is 52.6. The molecule has 0 radical (unpaired) electrons. The number of phenolic OH excluding ortho intramolecular Hbond substituents is 6. The van der Waals surface area contributed by atoms with Crippen molar-refractivity contribution in [2.24, 2.45) is 5.73 Å². The predicted molar refractivity (Wildman–Crippen MR) is 266 cm³/mol. The maximum absolute atomic E-state index is 14.7. The summed E-state index contributed by atoms with van der Waals surface area (Å²) >= 11 is 0. The molecule has 0 aromatic heterocycles. The molecule has 0 saturated carbocycles. The van der Waals surface area contributed by atoms with Gasteiger partial charge in [-0.15, -0.1) is 0 Å². The van der Waals surface area contributed by atoms with Crippen LogP contribution in [-0.2, 0) is 67.3 Å². The molecule has 0 spiro atoms. The van der Waals surface area contributed by atoms with Gasteiger partial charge in [0, 0.05) is 32.1 Å². The Morgan fingerprint density at radius 3 is 0.699 bits per heavy atom. The summed E-state index contributed by atoms with van der Waals surface area (Å²) in [5, 5.41) is 82.9. The van der Waals surface area contributed by atoms with Crippen molar-refractivity contribution in [1.82, 2.24) is 26.6 Å². The van der Waals surface area contributed by atoms with Crippen LogP contribution < -0.4 is 32.3 Å². The highest BCUT2D eigenvalue weighted by atomic mass is 16.4. The van der Waals surface area contributed by atoms with Gasteiger partial charge in [-0.2, -0.15) is 0 Å². The van der Waals surface area contributed by atoms with Crippen LogP contribution in [0.2, 0.25) is 0 Å². The molecule has 6 aromatic carbocycles. The molecule has 19 heteroatoms. The summed E-state index contributed by atoms with van der Waals surface area (Å²) in [5.41, 5.74) is 9.26. The molecule has 5 amide bonds. The molecule has 6 aromatic rings. The first-order chi connectivity index (χ1) is 34.9. The van der Waals surface area contributed by atoms with Gasteiger partial charge in [-0.1, -0.05) is 72.8 Å². The molecule has 73 heavy (non-hydrogen) atoms. The number of hydrogen-bond acceptors (Lipinski definition) is 13. The molecule has 6 unspecified atom stereocenters. The van der Waals surface area contributed by atoms with Crippen molar-refractivity contribution in [3.63, 3.8) is 0 Å². The Morgan fingerprint density at radius 2 is 0.479 bits per heavy atom. The molecule has 14 N–H and O–H groups in total. The average Bonchev–Trinajstić information content (AvgIpc) is 3.36. The van der Waals surface area contributed by atoms with E-state index in [-0.39, 0.29) is 73.0 Å². The third-order valence-corrected chi connectivity index (χ3v) is 11.8. The van der Waals surface area contributed by atoms with Crippen molar-refractivity contribution in [3.8, 4) is 34.5 Å². The Bertz CT molecular complexity index is 2830. The van der Waals surface area contributed by atoms with Crippen LogP contribution in [0, 0.1) is 0 Å². The second-order valence-corrected chi connectivity index (χ2v) is 17.5. The average molecular weight is 997 g/mol. The number of nitrogens with two attached hydrogens (primary N) is 1. The summed E-state index contributed by atoms with van der Waals surface area (Å²) in [6, 6.07) is 26.3. The molecule has 19 nitrogen and oxygen atoms in total. The highest BCUT2D eigenvalue weighted by Gasteiger charge is 2.34. The number of carbonyl (C=O) groups is 6. The van der Waals surface area contributed by atoms with Crippen molar-refractivity contribution in [1.29, 1.82) is 0 Å². The monoisotopic (exact) mass is 996 g/mol. The number of aromatic hydroxyl groups is 6. The molecular formula is C54H56N6O13. The molecular weight excluding hydrogens is 941 g/mol. The van der Waals surface area contributed by atoms with Crippen molar-refractivity contribution >= 4 is 35.5 Å². The lowest BCUT2D eigenvalue weighted by atomic mass is 9.99. The van der Waals surface area contributed by atoms with E-state index in [0.29, 0.717) is 33.4 Å². The van der Waals surface area contributed by atoms with E-state index in [2.05, 4.69) is 26.6 Å². The van der Waals surface area contributed by atoms with Gasteiger partial charge in [-0.3, -0.25) is 24.0 Å². The van der Waals surface area contributed by atoms with E-state index in [4.69, 9.17) is 5.73 Å². The van der Waals surface area contributed by atoms with Gasteiger partial charge < -0.3 is 68.1 Å². The molecule has 0 aliphatic heterocycles. The number of nitrogens with one attached hydrogen (secondary N) is 5. The van der Waals surface area contributed by atoms with Crippen molar-refractivity contribution in [2.45, 2.75) is 74.8 Å². The summed E-state index contributed by atoms with van der Waals surface area (Å²) in [7, 11) is 0. The third kappa shape index (κ3) is 16.5. The lowest BCUT2D eigenvalue weighted by molar-refractivity contribution is -0.142. The Hall–Kier alpha value is -9.10. The number of rotatable bonds is 23. The Morgan fingerprint density at radius 1 is 0.301 bits per heavy atom. The maximum atomic E-state index is 14.7. The van der Waals surface area contributed by atoms with Gasteiger partial charge >= 0.3 is 5.97 Å². The minimum atomic E-state index is -1.51. The first kappa shape index (κ1) is 53.3. The van der Waals surface area contributed by atoms with Crippen LogP contribution >= 0.6 is 0 Å². The van der Waals surface area contributed by atoms with Crippen molar-refractivity contribution in [3.05, 3.63) is 179 Å². The molecule has 6 rings (SSSR count). The number of amides is 5. The van der Waals surface area contributed by atoms with Gasteiger partial charge in [0.2, 0.25) is 29.5 Å². The molecule has 380 valence electrons. The second-order valence-electron chi connectivity index (χ2n) is 17.5. The van der Waals surface area contributed by atoms with Gasteiger partial charge in [-0.05, 0) is 113 Å². The smallest absolute Gasteiger partial charge is 0.326 e. The molecule has 0 heterocycles. The van der Waals surface area contributed by atoms with E-state index < -0.39 is 71.8 Å². The Labute approximate surface area is 419 Å². The maximum Gasteiger partial charge on any atom is 0.326 e. The van der Waals surface area contributed by atoms with Crippen molar-refractivity contribution < 1.29 is 64.5 Å². The molecule has 0 saturated heterocycles. The molecule has 0 bridgehead atoms. The van der Waals surface area contributed by atoms with Gasteiger partial charge in [0.15, 0.2) is 0 Å². The zero-order valence-electron chi connectivity index (χ0n) is 39.2. The largest absolute Gasteiger partial charge is 0.508 e. The third-order valence-electron chi connectivity index (χ3n) is 11.8. The lowest BCUT2D eigenvalue weighted by Gasteiger charge is -2.27. The normalized spacial score (nSPS) is 13.4. The summed E-state index contributed by atoms with van der Waals surface area (Å²) < 4.78 is 0. The minimum Gasteiger partial charge on any atom is -0.508 e. The highest BCUT2D eigenvalue weighted by Crippen LogP contribution is 2.18. The highest BCUT2D eigenvalue weighted by molar-refractivity contribution is 5.97. The van der Waals surface area contributed by atoms with Gasteiger partial charge in [-0.25, -0.2) is 4.79 Å². The fourth-order valence-corrected chi connectivity index (χ4v) is 7.72. The number of carbonyl (C=O) groups excluding carboxylic acids is 5. The topological polar surface area (TPSA) is 330 Å². The second kappa shape index (κ2) is 25.1.